The number of rotatable bonds is 8. The number of nitrogens with zero attached hydrogens (tertiary/aromatic N) is 2. The number of para-hydroxylation sites is 1. The minimum atomic E-state index is -0.294. The molecule has 1 aromatic carbocycles. The number of aromatic nitrogens is 2. The number of hydrogen-bond donors (Lipinski definition) is 2. The predicted octanol–water partition coefficient (Wildman–Crippen LogP) is 1.18. The van der Waals surface area contributed by atoms with E-state index in [0.717, 1.165) is 17.9 Å². The molecule has 0 aliphatic carbocycles. The van der Waals surface area contributed by atoms with Crippen LogP contribution in [0.25, 0.3) is 0 Å². The molecule has 128 valence electrons. The Morgan fingerprint density at radius 1 is 1.21 bits per heavy atom. The molecule has 0 spiro atoms. The van der Waals surface area contributed by atoms with E-state index < -0.39 is 0 Å². The number of benzene rings is 1. The Balaban J connectivity index is 1.62. The van der Waals surface area contributed by atoms with Gasteiger partial charge < -0.3 is 15.4 Å². The van der Waals surface area contributed by atoms with Gasteiger partial charge in [0.25, 0.3) is 5.56 Å². The first-order valence-corrected chi connectivity index (χ1v) is 7.94. The molecule has 1 heterocycles. The monoisotopic (exact) mass is 330 g/mol. The molecule has 0 radical (unpaired) electrons. The van der Waals surface area contributed by atoms with Crippen molar-refractivity contribution in [2.45, 2.75) is 19.9 Å². The van der Waals surface area contributed by atoms with Crippen LogP contribution in [0.4, 0.5) is 4.79 Å². The van der Waals surface area contributed by atoms with Crippen molar-refractivity contribution in [3.63, 3.8) is 0 Å². The van der Waals surface area contributed by atoms with Crippen LogP contribution >= 0.6 is 0 Å². The number of urea groups is 1. The van der Waals surface area contributed by atoms with Crippen molar-refractivity contribution in [1.82, 2.24) is 20.2 Å². The van der Waals surface area contributed by atoms with Gasteiger partial charge in [-0.2, -0.15) is 0 Å². The van der Waals surface area contributed by atoms with Crippen LogP contribution in [0.5, 0.6) is 5.75 Å². The first-order valence-electron chi connectivity index (χ1n) is 7.94. The minimum absolute atomic E-state index is 0.111. The van der Waals surface area contributed by atoms with Gasteiger partial charge >= 0.3 is 6.03 Å². The Labute approximate surface area is 140 Å². The van der Waals surface area contributed by atoms with Crippen molar-refractivity contribution in [2.75, 3.05) is 19.7 Å². The summed E-state index contributed by atoms with van der Waals surface area (Å²) in [6.45, 7) is 3.45. The van der Waals surface area contributed by atoms with Gasteiger partial charge in [0.1, 0.15) is 12.4 Å². The van der Waals surface area contributed by atoms with Crippen molar-refractivity contribution in [3.05, 3.63) is 58.8 Å². The Morgan fingerprint density at radius 3 is 2.67 bits per heavy atom. The first-order chi connectivity index (χ1) is 11.7. The maximum absolute atomic E-state index is 11.8. The van der Waals surface area contributed by atoms with Gasteiger partial charge in [-0.3, -0.25) is 9.36 Å². The molecule has 0 aliphatic rings. The van der Waals surface area contributed by atoms with E-state index in [4.69, 9.17) is 4.74 Å². The quantitative estimate of drug-likeness (QED) is 0.712. The summed E-state index contributed by atoms with van der Waals surface area (Å²) in [5.74, 6) is 0.766. The second-order valence-corrected chi connectivity index (χ2v) is 5.11. The molecule has 0 unspecified atom stereocenters. The van der Waals surface area contributed by atoms with Crippen molar-refractivity contribution in [2.24, 2.45) is 0 Å². The van der Waals surface area contributed by atoms with Crippen LogP contribution in [0.1, 0.15) is 12.6 Å². The molecular weight excluding hydrogens is 308 g/mol. The average molecular weight is 330 g/mol. The molecule has 7 nitrogen and oxygen atoms in total. The molecule has 24 heavy (non-hydrogen) atoms. The highest BCUT2D eigenvalue weighted by molar-refractivity contribution is 5.73. The van der Waals surface area contributed by atoms with E-state index in [-0.39, 0.29) is 11.6 Å². The number of aryl methyl sites for hydroxylation is 1. The average Bonchev–Trinajstić information content (AvgIpc) is 2.61. The number of nitrogens with one attached hydrogen (secondary N) is 2. The molecule has 0 saturated heterocycles. The van der Waals surface area contributed by atoms with Crippen LogP contribution in [0, 0.1) is 0 Å². The standard InChI is InChI=1S/C17H22N4O3/c1-2-14-12-16(22)21(13-20-14)10-8-18-17(23)19-9-11-24-15-6-4-3-5-7-15/h3-7,12-13H,2,8-11H2,1H3,(H2,18,19,23). The Hall–Kier alpha value is -2.83. The molecule has 0 atom stereocenters. The highest BCUT2D eigenvalue weighted by Gasteiger charge is 2.02. The molecule has 2 aromatic rings. The third kappa shape index (κ3) is 5.75. The lowest BCUT2D eigenvalue weighted by Gasteiger charge is -2.10. The summed E-state index contributed by atoms with van der Waals surface area (Å²) >= 11 is 0. The molecule has 0 bridgehead atoms. The Bertz CT molecular complexity index is 700. The van der Waals surface area contributed by atoms with E-state index in [1.54, 1.807) is 0 Å². The van der Waals surface area contributed by atoms with Gasteiger partial charge in [-0.15, -0.1) is 0 Å². The topological polar surface area (TPSA) is 85.2 Å². The number of carbonyl (C=O) groups excluding carboxylic acids is 1. The SMILES string of the molecule is CCc1cc(=O)n(CCNC(=O)NCCOc2ccccc2)cn1. The lowest BCUT2D eigenvalue weighted by molar-refractivity contribution is 0.236. The van der Waals surface area contributed by atoms with Crippen LogP contribution < -0.4 is 20.9 Å². The summed E-state index contributed by atoms with van der Waals surface area (Å²) < 4.78 is 6.94. The Kier molecular flexibility index (Phi) is 6.82. The van der Waals surface area contributed by atoms with Crippen molar-refractivity contribution >= 4 is 6.03 Å². The molecule has 2 N–H and O–H groups in total. The third-order valence-corrected chi connectivity index (χ3v) is 3.34. The van der Waals surface area contributed by atoms with Crippen molar-refractivity contribution < 1.29 is 9.53 Å². The molecule has 0 aliphatic heterocycles. The van der Waals surface area contributed by atoms with Crippen molar-refractivity contribution in [3.8, 4) is 5.75 Å². The number of ether oxygens (including phenoxy) is 1. The molecule has 0 saturated carbocycles. The van der Waals surface area contributed by atoms with Crippen LogP contribution in [0.3, 0.4) is 0 Å². The van der Waals surface area contributed by atoms with Gasteiger partial charge in [0.15, 0.2) is 0 Å². The summed E-state index contributed by atoms with van der Waals surface area (Å²) in [5.41, 5.74) is 0.653. The largest absolute Gasteiger partial charge is 0.492 e. The highest BCUT2D eigenvalue weighted by atomic mass is 16.5. The fourth-order valence-corrected chi connectivity index (χ4v) is 2.03. The normalized spacial score (nSPS) is 10.2. The molecule has 2 amide bonds. The zero-order valence-electron chi connectivity index (χ0n) is 13.7. The second-order valence-electron chi connectivity index (χ2n) is 5.11. The van der Waals surface area contributed by atoms with Crippen LogP contribution in [-0.4, -0.2) is 35.3 Å². The van der Waals surface area contributed by atoms with Crippen LogP contribution in [-0.2, 0) is 13.0 Å². The first kappa shape index (κ1) is 17.5. The van der Waals surface area contributed by atoms with E-state index in [0.29, 0.717) is 26.2 Å². The van der Waals surface area contributed by atoms with Gasteiger partial charge in [0, 0.05) is 24.8 Å². The van der Waals surface area contributed by atoms with Gasteiger partial charge in [0.2, 0.25) is 0 Å². The fraction of sp³-hybridized carbons (Fsp3) is 0.353. The zero-order valence-corrected chi connectivity index (χ0v) is 13.7. The smallest absolute Gasteiger partial charge is 0.314 e. The molecule has 2 rings (SSSR count). The fourth-order valence-electron chi connectivity index (χ4n) is 2.03. The summed E-state index contributed by atoms with van der Waals surface area (Å²) in [7, 11) is 0. The van der Waals surface area contributed by atoms with Gasteiger partial charge in [-0.25, -0.2) is 9.78 Å². The van der Waals surface area contributed by atoms with Crippen LogP contribution in [0.15, 0.2) is 47.5 Å². The summed E-state index contributed by atoms with van der Waals surface area (Å²) in [6, 6.07) is 10.6. The second kappa shape index (κ2) is 9.34. The van der Waals surface area contributed by atoms with E-state index in [2.05, 4.69) is 15.6 Å². The lowest BCUT2D eigenvalue weighted by atomic mass is 10.3. The molecule has 0 fully saturated rings. The van der Waals surface area contributed by atoms with Crippen LogP contribution in [0.2, 0.25) is 0 Å². The maximum atomic E-state index is 11.8. The molecule has 1 aromatic heterocycles. The minimum Gasteiger partial charge on any atom is -0.492 e. The van der Waals surface area contributed by atoms with Crippen molar-refractivity contribution in [1.29, 1.82) is 0 Å². The Morgan fingerprint density at radius 2 is 1.96 bits per heavy atom. The number of hydrogen-bond acceptors (Lipinski definition) is 4. The van der Waals surface area contributed by atoms with Gasteiger partial charge in [-0.05, 0) is 18.6 Å². The number of carbonyl (C=O) groups is 1. The van der Waals surface area contributed by atoms with E-state index >= 15 is 0 Å². The molecular formula is C17H22N4O3. The van der Waals surface area contributed by atoms with Gasteiger partial charge in [0.05, 0.1) is 12.9 Å². The summed E-state index contributed by atoms with van der Waals surface area (Å²) in [5, 5.41) is 5.39. The van der Waals surface area contributed by atoms with E-state index in [1.807, 2.05) is 37.3 Å². The maximum Gasteiger partial charge on any atom is 0.314 e. The molecule has 7 heteroatoms. The summed E-state index contributed by atoms with van der Waals surface area (Å²) in [6.07, 6.45) is 2.23. The van der Waals surface area contributed by atoms with Gasteiger partial charge in [-0.1, -0.05) is 25.1 Å². The highest BCUT2D eigenvalue weighted by Crippen LogP contribution is 2.07. The summed E-state index contributed by atoms with van der Waals surface area (Å²) in [4.78, 5) is 27.6. The van der Waals surface area contributed by atoms with E-state index in [9.17, 15) is 9.59 Å². The number of amides is 2. The zero-order chi connectivity index (χ0) is 17.2. The van der Waals surface area contributed by atoms with E-state index in [1.165, 1.54) is 17.0 Å². The predicted molar refractivity (Wildman–Crippen MR) is 91.2 cm³/mol. The third-order valence-electron chi connectivity index (χ3n) is 3.34. The lowest BCUT2D eigenvalue weighted by Crippen LogP contribution is -2.39.